The van der Waals surface area contributed by atoms with Crippen molar-refractivity contribution < 1.29 is 0 Å². The lowest BCUT2D eigenvalue weighted by Gasteiger charge is -2.32. The lowest BCUT2D eigenvalue weighted by Crippen LogP contribution is -2.41. The van der Waals surface area contributed by atoms with Gasteiger partial charge in [0.05, 0.1) is 0 Å². The third-order valence-corrected chi connectivity index (χ3v) is 5.19. The first kappa shape index (κ1) is 14.3. The molecule has 0 amide bonds. The summed E-state index contributed by atoms with van der Waals surface area (Å²) in [6.07, 6.45) is 15.4. The smallest absolute Gasteiger partial charge is 0.00923 e. The standard InChI is InChI=1S/C16H32N2/c1-18(15-10-6-2-3-7-11-15)13-14-9-5-4-8-12-16(14)17/h14-16H,2-13,17H2,1H3. The Hall–Kier alpha value is -0.0800. The largest absolute Gasteiger partial charge is 0.327 e. The molecule has 2 rings (SSSR count). The Morgan fingerprint density at radius 2 is 1.39 bits per heavy atom. The third-order valence-electron chi connectivity index (χ3n) is 5.19. The van der Waals surface area contributed by atoms with Gasteiger partial charge in [0.25, 0.3) is 0 Å². The molecule has 2 fully saturated rings. The summed E-state index contributed by atoms with van der Waals surface area (Å²) < 4.78 is 0. The van der Waals surface area contributed by atoms with Gasteiger partial charge in [0, 0.05) is 18.6 Å². The first-order valence-electron chi connectivity index (χ1n) is 8.23. The van der Waals surface area contributed by atoms with Crippen molar-refractivity contribution >= 4 is 0 Å². The van der Waals surface area contributed by atoms with Crippen LogP contribution in [-0.2, 0) is 0 Å². The van der Waals surface area contributed by atoms with Gasteiger partial charge in [-0.3, -0.25) is 0 Å². The van der Waals surface area contributed by atoms with Crippen LogP contribution in [0.1, 0.15) is 70.6 Å². The van der Waals surface area contributed by atoms with Crippen LogP contribution in [-0.4, -0.2) is 30.6 Å². The van der Waals surface area contributed by atoms with E-state index in [1.807, 2.05) is 0 Å². The molecule has 2 nitrogen and oxygen atoms in total. The fourth-order valence-corrected chi connectivity index (χ4v) is 3.86. The van der Waals surface area contributed by atoms with Crippen LogP contribution in [0.25, 0.3) is 0 Å². The van der Waals surface area contributed by atoms with Crippen molar-refractivity contribution in [2.45, 2.75) is 82.7 Å². The van der Waals surface area contributed by atoms with Crippen LogP contribution < -0.4 is 5.73 Å². The molecule has 2 atom stereocenters. The highest BCUT2D eigenvalue weighted by molar-refractivity contribution is 4.81. The lowest BCUT2D eigenvalue weighted by molar-refractivity contribution is 0.172. The minimum atomic E-state index is 0.459. The van der Waals surface area contributed by atoms with E-state index in [0.717, 1.165) is 12.0 Å². The van der Waals surface area contributed by atoms with E-state index < -0.39 is 0 Å². The van der Waals surface area contributed by atoms with Crippen LogP contribution in [0.5, 0.6) is 0 Å². The summed E-state index contributed by atoms with van der Waals surface area (Å²) in [5, 5.41) is 0. The average molecular weight is 252 g/mol. The Morgan fingerprint density at radius 3 is 2.11 bits per heavy atom. The minimum Gasteiger partial charge on any atom is -0.327 e. The Balaban J connectivity index is 1.82. The quantitative estimate of drug-likeness (QED) is 0.778. The van der Waals surface area contributed by atoms with Crippen LogP contribution in [0.2, 0.25) is 0 Å². The van der Waals surface area contributed by atoms with Crippen LogP contribution in [0, 0.1) is 5.92 Å². The Labute approximate surface area is 113 Å². The summed E-state index contributed by atoms with van der Waals surface area (Å²) in [7, 11) is 2.34. The van der Waals surface area contributed by atoms with Crippen LogP contribution in [0.4, 0.5) is 0 Å². The first-order chi connectivity index (χ1) is 8.77. The molecule has 0 spiro atoms. The second-order valence-corrected chi connectivity index (χ2v) is 6.65. The fraction of sp³-hybridized carbons (Fsp3) is 1.00. The molecule has 0 saturated heterocycles. The molecular formula is C16H32N2. The van der Waals surface area contributed by atoms with Crippen LogP contribution in [0.15, 0.2) is 0 Å². The normalized spacial score (nSPS) is 32.2. The van der Waals surface area contributed by atoms with E-state index in [1.54, 1.807) is 0 Å². The first-order valence-corrected chi connectivity index (χ1v) is 8.23. The maximum atomic E-state index is 6.36. The molecule has 0 aromatic carbocycles. The molecular weight excluding hydrogens is 220 g/mol. The topological polar surface area (TPSA) is 29.3 Å². The maximum absolute atomic E-state index is 6.36. The molecule has 2 saturated carbocycles. The molecule has 0 aliphatic heterocycles. The van der Waals surface area contributed by atoms with Crippen molar-refractivity contribution in [2.75, 3.05) is 13.6 Å². The Kier molecular flexibility index (Phi) is 5.97. The van der Waals surface area contributed by atoms with Crippen molar-refractivity contribution in [3.05, 3.63) is 0 Å². The van der Waals surface area contributed by atoms with Gasteiger partial charge in [-0.25, -0.2) is 0 Å². The van der Waals surface area contributed by atoms with E-state index in [4.69, 9.17) is 5.73 Å². The van der Waals surface area contributed by atoms with Gasteiger partial charge in [0.15, 0.2) is 0 Å². The van der Waals surface area contributed by atoms with Gasteiger partial charge in [0.2, 0.25) is 0 Å². The predicted molar refractivity (Wildman–Crippen MR) is 78.7 cm³/mol. The Bertz CT molecular complexity index is 221. The molecule has 2 N–H and O–H groups in total. The van der Waals surface area contributed by atoms with Crippen molar-refractivity contribution in [1.82, 2.24) is 4.90 Å². The fourth-order valence-electron chi connectivity index (χ4n) is 3.86. The highest BCUT2D eigenvalue weighted by atomic mass is 15.1. The molecule has 106 valence electrons. The average Bonchev–Trinajstić information content (AvgIpc) is 2.73. The van der Waals surface area contributed by atoms with Gasteiger partial charge < -0.3 is 10.6 Å². The summed E-state index contributed by atoms with van der Waals surface area (Å²) in [5.74, 6) is 0.751. The molecule has 18 heavy (non-hydrogen) atoms. The number of hydrogen-bond donors (Lipinski definition) is 1. The molecule has 2 aliphatic rings. The summed E-state index contributed by atoms with van der Waals surface area (Å²) in [5.41, 5.74) is 6.36. The lowest BCUT2D eigenvalue weighted by atomic mass is 9.94. The molecule has 0 heterocycles. The zero-order valence-electron chi connectivity index (χ0n) is 12.2. The Morgan fingerprint density at radius 1 is 0.833 bits per heavy atom. The summed E-state index contributed by atoms with van der Waals surface area (Å²) >= 11 is 0. The SMILES string of the molecule is CN(CC1CCCCCC1N)C1CCCCCC1. The second-order valence-electron chi connectivity index (χ2n) is 6.65. The van der Waals surface area contributed by atoms with Crippen molar-refractivity contribution in [3.8, 4) is 0 Å². The van der Waals surface area contributed by atoms with Crippen molar-refractivity contribution in [2.24, 2.45) is 11.7 Å². The number of nitrogens with zero attached hydrogens (tertiary/aromatic N) is 1. The van der Waals surface area contributed by atoms with Gasteiger partial charge in [-0.05, 0) is 38.6 Å². The van der Waals surface area contributed by atoms with Crippen LogP contribution in [0.3, 0.4) is 0 Å². The van der Waals surface area contributed by atoms with E-state index in [9.17, 15) is 0 Å². The van der Waals surface area contributed by atoms with E-state index >= 15 is 0 Å². The highest BCUT2D eigenvalue weighted by Crippen LogP contribution is 2.26. The van der Waals surface area contributed by atoms with Crippen molar-refractivity contribution in [3.63, 3.8) is 0 Å². The third kappa shape index (κ3) is 4.24. The molecule has 0 aromatic rings. The summed E-state index contributed by atoms with van der Waals surface area (Å²) in [4.78, 5) is 2.64. The van der Waals surface area contributed by atoms with Gasteiger partial charge in [-0.15, -0.1) is 0 Å². The molecule has 2 heteroatoms. The minimum absolute atomic E-state index is 0.459. The van der Waals surface area contributed by atoms with Gasteiger partial charge in [-0.2, -0.15) is 0 Å². The van der Waals surface area contributed by atoms with E-state index in [0.29, 0.717) is 6.04 Å². The van der Waals surface area contributed by atoms with E-state index in [2.05, 4.69) is 11.9 Å². The highest BCUT2D eigenvalue weighted by Gasteiger charge is 2.24. The van der Waals surface area contributed by atoms with E-state index in [-0.39, 0.29) is 0 Å². The molecule has 2 unspecified atom stereocenters. The number of nitrogens with two attached hydrogens (primary N) is 1. The predicted octanol–water partition coefficient (Wildman–Crippen LogP) is 3.55. The van der Waals surface area contributed by atoms with Gasteiger partial charge >= 0.3 is 0 Å². The van der Waals surface area contributed by atoms with E-state index in [1.165, 1.54) is 77.2 Å². The van der Waals surface area contributed by atoms with Crippen LogP contribution >= 0.6 is 0 Å². The van der Waals surface area contributed by atoms with Gasteiger partial charge in [0.1, 0.15) is 0 Å². The molecule has 0 radical (unpaired) electrons. The molecule has 0 bridgehead atoms. The zero-order valence-corrected chi connectivity index (χ0v) is 12.2. The zero-order chi connectivity index (χ0) is 12.8. The summed E-state index contributed by atoms with van der Waals surface area (Å²) in [6, 6.07) is 1.30. The number of hydrogen-bond acceptors (Lipinski definition) is 2. The summed E-state index contributed by atoms with van der Waals surface area (Å²) in [6.45, 7) is 1.24. The second kappa shape index (κ2) is 7.49. The van der Waals surface area contributed by atoms with Crippen molar-refractivity contribution in [1.29, 1.82) is 0 Å². The molecule has 0 aromatic heterocycles. The number of rotatable bonds is 3. The monoisotopic (exact) mass is 252 g/mol. The van der Waals surface area contributed by atoms with Gasteiger partial charge in [-0.1, -0.05) is 44.9 Å². The maximum Gasteiger partial charge on any atom is 0.00923 e. The molecule has 2 aliphatic carbocycles.